The van der Waals surface area contributed by atoms with E-state index in [0.717, 1.165) is 44.0 Å². The molecule has 17 heavy (non-hydrogen) atoms. The van der Waals surface area contributed by atoms with Crippen molar-refractivity contribution in [2.24, 2.45) is 0 Å². The van der Waals surface area contributed by atoms with Crippen LogP contribution >= 0.6 is 0 Å². The Morgan fingerprint density at radius 1 is 1.29 bits per heavy atom. The van der Waals surface area contributed by atoms with E-state index >= 15 is 0 Å². The van der Waals surface area contributed by atoms with Gasteiger partial charge in [0.2, 0.25) is 0 Å². The molecule has 94 valence electrons. The largest absolute Gasteiger partial charge is 0.497 e. The maximum Gasteiger partial charge on any atom is 0.122 e. The van der Waals surface area contributed by atoms with Gasteiger partial charge in [-0.25, -0.2) is 0 Å². The van der Waals surface area contributed by atoms with Gasteiger partial charge in [0.1, 0.15) is 11.5 Å². The normalized spacial score (nSPS) is 9.94. The Kier molecular flexibility index (Phi) is 6.91. The summed E-state index contributed by atoms with van der Waals surface area (Å²) in [6.07, 6.45) is 4.02. The molecule has 0 bridgehead atoms. The smallest absolute Gasteiger partial charge is 0.122 e. The highest BCUT2D eigenvalue weighted by Crippen LogP contribution is 2.18. The molecule has 0 fully saturated rings. The van der Waals surface area contributed by atoms with E-state index in [4.69, 9.17) is 9.47 Å². The fourth-order valence-electron chi connectivity index (χ4n) is 1.44. The summed E-state index contributed by atoms with van der Waals surface area (Å²) in [7, 11) is 1.66. The van der Waals surface area contributed by atoms with Crippen LogP contribution in [0.3, 0.4) is 0 Å². The Balaban J connectivity index is 2.11. The molecule has 0 aliphatic carbocycles. The van der Waals surface area contributed by atoms with Gasteiger partial charge in [0.25, 0.3) is 0 Å². The third kappa shape index (κ3) is 5.97. The van der Waals surface area contributed by atoms with Gasteiger partial charge in [0, 0.05) is 12.6 Å². The fourth-order valence-corrected chi connectivity index (χ4v) is 1.44. The van der Waals surface area contributed by atoms with Crippen molar-refractivity contribution in [1.82, 2.24) is 5.32 Å². The van der Waals surface area contributed by atoms with Crippen LogP contribution in [-0.2, 0) is 0 Å². The van der Waals surface area contributed by atoms with Crippen LogP contribution < -0.4 is 14.8 Å². The zero-order valence-electron chi connectivity index (χ0n) is 10.4. The molecule has 1 aromatic carbocycles. The maximum atomic E-state index is 5.63. The van der Waals surface area contributed by atoms with E-state index in [1.165, 1.54) is 0 Å². The van der Waals surface area contributed by atoms with Gasteiger partial charge in [-0.2, -0.15) is 0 Å². The summed E-state index contributed by atoms with van der Waals surface area (Å²) in [6.45, 7) is 6.27. The van der Waals surface area contributed by atoms with Crippen molar-refractivity contribution in [2.75, 3.05) is 26.8 Å². The molecule has 0 unspecified atom stereocenters. The van der Waals surface area contributed by atoms with Crippen LogP contribution in [0.5, 0.6) is 11.5 Å². The quantitative estimate of drug-likeness (QED) is 0.527. The van der Waals surface area contributed by atoms with E-state index < -0.39 is 0 Å². The van der Waals surface area contributed by atoms with Crippen molar-refractivity contribution < 1.29 is 9.47 Å². The van der Waals surface area contributed by atoms with Crippen molar-refractivity contribution in [3.63, 3.8) is 0 Å². The van der Waals surface area contributed by atoms with Gasteiger partial charge in [-0.1, -0.05) is 12.1 Å². The molecule has 0 amide bonds. The zero-order chi connectivity index (χ0) is 12.3. The topological polar surface area (TPSA) is 30.5 Å². The molecule has 0 spiro atoms. The third-order valence-electron chi connectivity index (χ3n) is 2.35. The predicted molar refractivity (Wildman–Crippen MR) is 70.8 cm³/mol. The van der Waals surface area contributed by atoms with Crippen molar-refractivity contribution in [2.45, 2.75) is 12.8 Å². The van der Waals surface area contributed by atoms with Crippen molar-refractivity contribution in [3.05, 3.63) is 36.9 Å². The molecule has 0 saturated carbocycles. The van der Waals surface area contributed by atoms with Crippen LogP contribution in [0.1, 0.15) is 12.8 Å². The number of hydrogen-bond donors (Lipinski definition) is 1. The van der Waals surface area contributed by atoms with E-state index in [1.807, 2.05) is 30.3 Å². The highest BCUT2D eigenvalue weighted by atomic mass is 16.5. The summed E-state index contributed by atoms with van der Waals surface area (Å²) in [5, 5.41) is 3.26. The molecule has 0 heterocycles. The van der Waals surface area contributed by atoms with Crippen LogP contribution in [0.15, 0.2) is 36.9 Å². The standard InChI is InChI=1S/C14H21NO2/c1-3-9-15-10-4-5-11-17-14-8-6-7-13(12-14)16-2/h3,6-8,12,15H,1,4-5,9-11H2,2H3. The Bertz CT molecular complexity index is 326. The molecule has 0 saturated heterocycles. The molecule has 3 nitrogen and oxygen atoms in total. The summed E-state index contributed by atoms with van der Waals surface area (Å²) in [5.41, 5.74) is 0. The first-order chi connectivity index (χ1) is 8.36. The Labute approximate surface area is 103 Å². The molecule has 0 aromatic heterocycles. The van der Waals surface area contributed by atoms with Gasteiger partial charge in [0.15, 0.2) is 0 Å². The van der Waals surface area contributed by atoms with Crippen molar-refractivity contribution in [3.8, 4) is 11.5 Å². The monoisotopic (exact) mass is 235 g/mol. The zero-order valence-corrected chi connectivity index (χ0v) is 10.4. The van der Waals surface area contributed by atoms with E-state index in [0.29, 0.717) is 0 Å². The number of rotatable bonds is 9. The van der Waals surface area contributed by atoms with Gasteiger partial charge in [-0.15, -0.1) is 6.58 Å². The molecule has 1 N–H and O–H groups in total. The summed E-state index contributed by atoms with van der Waals surface area (Å²) in [5.74, 6) is 1.69. The highest BCUT2D eigenvalue weighted by Gasteiger charge is 1.96. The Morgan fingerprint density at radius 3 is 2.88 bits per heavy atom. The molecule has 0 aliphatic rings. The molecular weight excluding hydrogens is 214 g/mol. The fraction of sp³-hybridized carbons (Fsp3) is 0.429. The molecule has 0 atom stereocenters. The van der Waals surface area contributed by atoms with Gasteiger partial charge in [-0.05, 0) is 31.5 Å². The Morgan fingerprint density at radius 2 is 2.12 bits per heavy atom. The second-order valence-electron chi connectivity index (χ2n) is 3.73. The second-order valence-corrected chi connectivity index (χ2v) is 3.73. The number of hydrogen-bond acceptors (Lipinski definition) is 3. The first-order valence-electron chi connectivity index (χ1n) is 5.95. The first kappa shape index (κ1) is 13.6. The highest BCUT2D eigenvalue weighted by molar-refractivity contribution is 5.32. The van der Waals surface area contributed by atoms with Crippen LogP contribution in [0.2, 0.25) is 0 Å². The Hall–Kier alpha value is -1.48. The lowest BCUT2D eigenvalue weighted by Crippen LogP contribution is -2.15. The molecule has 0 aliphatic heterocycles. The molecular formula is C14H21NO2. The number of ether oxygens (including phenoxy) is 2. The maximum absolute atomic E-state index is 5.63. The number of unbranched alkanes of at least 4 members (excludes halogenated alkanes) is 1. The lowest BCUT2D eigenvalue weighted by Gasteiger charge is -2.07. The number of nitrogens with one attached hydrogen (secondary N) is 1. The first-order valence-corrected chi connectivity index (χ1v) is 5.95. The van der Waals surface area contributed by atoms with E-state index in [2.05, 4.69) is 11.9 Å². The van der Waals surface area contributed by atoms with Gasteiger partial charge < -0.3 is 14.8 Å². The third-order valence-corrected chi connectivity index (χ3v) is 2.35. The van der Waals surface area contributed by atoms with E-state index in [9.17, 15) is 0 Å². The van der Waals surface area contributed by atoms with Crippen molar-refractivity contribution in [1.29, 1.82) is 0 Å². The van der Waals surface area contributed by atoms with Crippen LogP contribution in [0.25, 0.3) is 0 Å². The predicted octanol–water partition coefficient (Wildman–Crippen LogP) is 2.63. The minimum atomic E-state index is 0.739. The second kappa shape index (κ2) is 8.65. The number of benzene rings is 1. The summed E-state index contributed by atoms with van der Waals surface area (Å²) in [4.78, 5) is 0. The summed E-state index contributed by atoms with van der Waals surface area (Å²) in [6, 6.07) is 7.68. The van der Waals surface area contributed by atoms with Crippen molar-refractivity contribution >= 4 is 0 Å². The number of methoxy groups -OCH3 is 1. The summed E-state index contributed by atoms with van der Waals surface area (Å²) < 4.78 is 10.8. The molecule has 0 radical (unpaired) electrons. The SMILES string of the molecule is C=CCNCCCCOc1cccc(OC)c1. The minimum Gasteiger partial charge on any atom is -0.497 e. The van der Waals surface area contributed by atoms with Crippen LogP contribution in [-0.4, -0.2) is 26.8 Å². The average molecular weight is 235 g/mol. The molecule has 1 aromatic rings. The van der Waals surface area contributed by atoms with Gasteiger partial charge in [-0.3, -0.25) is 0 Å². The van der Waals surface area contributed by atoms with Crippen LogP contribution in [0.4, 0.5) is 0 Å². The minimum absolute atomic E-state index is 0.739. The van der Waals surface area contributed by atoms with Gasteiger partial charge >= 0.3 is 0 Å². The average Bonchev–Trinajstić information content (AvgIpc) is 2.38. The van der Waals surface area contributed by atoms with Gasteiger partial charge in [0.05, 0.1) is 13.7 Å². The summed E-state index contributed by atoms with van der Waals surface area (Å²) >= 11 is 0. The lowest BCUT2D eigenvalue weighted by atomic mass is 10.3. The molecule has 1 rings (SSSR count). The van der Waals surface area contributed by atoms with E-state index in [1.54, 1.807) is 7.11 Å². The molecule has 3 heteroatoms. The van der Waals surface area contributed by atoms with E-state index in [-0.39, 0.29) is 0 Å². The van der Waals surface area contributed by atoms with Crippen LogP contribution in [0, 0.1) is 0 Å². The lowest BCUT2D eigenvalue weighted by molar-refractivity contribution is 0.304.